The second-order valence-electron chi connectivity index (χ2n) is 7.34. The topological polar surface area (TPSA) is 19.7 Å². The van der Waals surface area contributed by atoms with E-state index in [1.807, 2.05) is 0 Å². The zero-order valence-electron chi connectivity index (χ0n) is 16.2. The molecule has 1 aliphatic rings. The van der Waals surface area contributed by atoms with Crippen LogP contribution in [0.5, 0.6) is 0 Å². The van der Waals surface area contributed by atoms with E-state index in [1.165, 1.54) is 23.3 Å². The first kappa shape index (κ1) is 19.6. The molecule has 1 fully saturated rings. The summed E-state index contributed by atoms with van der Waals surface area (Å²) in [6.45, 7) is 3.77. The summed E-state index contributed by atoms with van der Waals surface area (Å²) in [7, 11) is 0. The summed E-state index contributed by atoms with van der Waals surface area (Å²) in [5.74, 6) is -0.244. The van der Waals surface area contributed by atoms with Crippen LogP contribution in [0.3, 0.4) is 0 Å². The van der Waals surface area contributed by atoms with Crippen molar-refractivity contribution < 1.29 is 9.29 Å². The fourth-order valence-electron chi connectivity index (χ4n) is 3.98. The molecule has 148 valence electrons. The van der Waals surface area contributed by atoms with Gasteiger partial charge in [-0.1, -0.05) is 60.7 Å². The number of rotatable bonds is 4. The Morgan fingerprint density at radius 1 is 0.828 bits per heavy atom. The third-order valence-electron chi connectivity index (χ3n) is 5.46. The molecule has 0 unspecified atom stereocenters. The fraction of sp³-hybridized carbons (Fsp3) is 0.208. The van der Waals surface area contributed by atoms with Gasteiger partial charge >= 0.3 is 0 Å². The lowest BCUT2D eigenvalue weighted by molar-refractivity contribution is -0.929. The zero-order valence-corrected chi connectivity index (χ0v) is 17.0. The maximum absolute atomic E-state index is 13.1. The minimum atomic E-state index is -0.244. The molecule has 3 aromatic rings. The van der Waals surface area contributed by atoms with Gasteiger partial charge in [-0.15, -0.1) is 0 Å². The number of quaternary nitrogens is 1. The molecule has 3 nitrogen and oxygen atoms in total. The van der Waals surface area contributed by atoms with E-state index in [4.69, 9.17) is 12.2 Å². The van der Waals surface area contributed by atoms with Crippen molar-refractivity contribution in [1.82, 2.24) is 4.90 Å². The predicted octanol–water partition coefficient (Wildman–Crippen LogP) is 3.51. The number of thiocarbonyl (C=S) groups is 1. The molecule has 0 radical (unpaired) electrons. The van der Waals surface area contributed by atoms with E-state index >= 15 is 0 Å². The highest BCUT2D eigenvalue weighted by molar-refractivity contribution is 7.80. The first-order chi connectivity index (χ1) is 14.2. The van der Waals surface area contributed by atoms with Crippen molar-refractivity contribution in [2.45, 2.75) is 6.04 Å². The average molecular weight is 407 g/mol. The minimum absolute atomic E-state index is 0.244. The van der Waals surface area contributed by atoms with Crippen LogP contribution in [0.4, 0.5) is 10.1 Å². The van der Waals surface area contributed by atoms with Crippen molar-refractivity contribution in [3.05, 3.63) is 102 Å². The third-order valence-corrected chi connectivity index (χ3v) is 5.82. The maximum atomic E-state index is 13.1. The number of piperazine rings is 1. The molecular formula is C24H25FN3S+. The van der Waals surface area contributed by atoms with Crippen LogP contribution in [0.1, 0.15) is 17.2 Å². The predicted molar refractivity (Wildman–Crippen MR) is 120 cm³/mol. The van der Waals surface area contributed by atoms with Crippen molar-refractivity contribution in [3.63, 3.8) is 0 Å². The van der Waals surface area contributed by atoms with Crippen LogP contribution in [0.2, 0.25) is 0 Å². The number of nitrogens with one attached hydrogen (secondary N) is 2. The van der Waals surface area contributed by atoms with Gasteiger partial charge in [-0.2, -0.15) is 0 Å². The largest absolute Gasteiger partial charge is 0.338 e. The van der Waals surface area contributed by atoms with Crippen molar-refractivity contribution in [1.29, 1.82) is 0 Å². The monoisotopic (exact) mass is 406 g/mol. The highest BCUT2D eigenvalue weighted by Gasteiger charge is 2.30. The minimum Gasteiger partial charge on any atom is -0.338 e. The quantitative estimate of drug-likeness (QED) is 0.647. The Hall–Kier alpha value is -2.76. The molecule has 0 bridgehead atoms. The van der Waals surface area contributed by atoms with Crippen LogP contribution in [0, 0.1) is 5.82 Å². The molecule has 0 amide bonds. The smallest absolute Gasteiger partial charge is 0.173 e. The molecule has 0 atom stereocenters. The molecule has 1 heterocycles. The lowest BCUT2D eigenvalue weighted by Gasteiger charge is -2.38. The molecule has 0 aliphatic carbocycles. The molecule has 1 aliphatic heterocycles. The second-order valence-corrected chi connectivity index (χ2v) is 7.72. The molecule has 1 saturated heterocycles. The lowest BCUT2D eigenvalue weighted by atomic mass is 9.96. The summed E-state index contributed by atoms with van der Waals surface area (Å²) in [4.78, 5) is 3.75. The van der Waals surface area contributed by atoms with Crippen LogP contribution in [-0.2, 0) is 0 Å². The zero-order chi connectivity index (χ0) is 20.1. The van der Waals surface area contributed by atoms with Crippen LogP contribution in [-0.4, -0.2) is 36.2 Å². The average Bonchev–Trinajstić information content (AvgIpc) is 2.77. The van der Waals surface area contributed by atoms with Crippen molar-refractivity contribution >= 4 is 23.0 Å². The van der Waals surface area contributed by atoms with Crippen molar-refractivity contribution in [3.8, 4) is 0 Å². The van der Waals surface area contributed by atoms with E-state index in [-0.39, 0.29) is 5.82 Å². The molecule has 0 saturated carbocycles. The number of hydrogen-bond donors (Lipinski definition) is 2. The van der Waals surface area contributed by atoms with Gasteiger partial charge in [0, 0.05) is 16.8 Å². The first-order valence-corrected chi connectivity index (χ1v) is 10.4. The van der Waals surface area contributed by atoms with Crippen LogP contribution < -0.4 is 10.2 Å². The first-order valence-electron chi connectivity index (χ1n) is 9.97. The SMILES string of the molecule is Fc1ccc(NC(=S)N2CC[NH+](C(c3ccccc3)c3ccccc3)CC2)cc1. The molecule has 2 N–H and O–H groups in total. The fourth-order valence-corrected chi connectivity index (χ4v) is 4.28. The molecule has 0 spiro atoms. The van der Waals surface area contributed by atoms with Gasteiger partial charge in [-0.3, -0.25) is 0 Å². The van der Waals surface area contributed by atoms with E-state index in [0.717, 1.165) is 31.9 Å². The Kier molecular flexibility index (Phi) is 6.17. The summed E-state index contributed by atoms with van der Waals surface area (Å²) in [5.41, 5.74) is 3.50. The van der Waals surface area contributed by atoms with Crippen molar-refractivity contribution in [2.24, 2.45) is 0 Å². The summed E-state index contributed by atoms with van der Waals surface area (Å²) in [6, 6.07) is 28.1. The molecule has 3 aromatic carbocycles. The van der Waals surface area contributed by atoms with Crippen LogP contribution >= 0.6 is 12.2 Å². The lowest BCUT2D eigenvalue weighted by Crippen LogP contribution is -3.15. The number of anilines is 1. The highest BCUT2D eigenvalue weighted by atomic mass is 32.1. The van der Waals surface area contributed by atoms with E-state index in [1.54, 1.807) is 17.0 Å². The van der Waals surface area contributed by atoms with Gasteiger partial charge in [0.25, 0.3) is 0 Å². The van der Waals surface area contributed by atoms with Gasteiger partial charge in [0.1, 0.15) is 11.9 Å². The van der Waals surface area contributed by atoms with Gasteiger partial charge in [0.05, 0.1) is 26.2 Å². The van der Waals surface area contributed by atoms with E-state index in [2.05, 4.69) is 70.9 Å². The van der Waals surface area contributed by atoms with E-state index < -0.39 is 0 Å². The van der Waals surface area contributed by atoms with Gasteiger partial charge in [-0.25, -0.2) is 4.39 Å². The Morgan fingerprint density at radius 3 is 1.86 bits per heavy atom. The summed E-state index contributed by atoms with van der Waals surface area (Å²) >= 11 is 5.59. The van der Waals surface area contributed by atoms with Crippen LogP contribution in [0.15, 0.2) is 84.9 Å². The molecule has 29 heavy (non-hydrogen) atoms. The van der Waals surface area contributed by atoms with Crippen molar-refractivity contribution in [2.75, 3.05) is 31.5 Å². The third kappa shape index (κ3) is 4.81. The number of benzene rings is 3. The Labute approximate surface area is 176 Å². The Balaban J connectivity index is 1.44. The molecular weight excluding hydrogens is 381 g/mol. The summed E-state index contributed by atoms with van der Waals surface area (Å²) < 4.78 is 13.1. The maximum Gasteiger partial charge on any atom is 0.173 e. The second kappa shape index (κ2) is 9.16. The van der Waals surface area contributed by atoms with E-state index in [9.17, 15) is 4.39 Å². The Morgan fingerprint density at radius 2 is 1.34 bits per heavy atom. The van der Waals surface area contributed by atoms with Gasteiger partial charge < -0.3 is 15.1 Å². The Bertz CT molecular complexity index is 884. The number of hydrogen-bond acceptors (Lipinski definition) is 1. The van der Waals surface area contributed by atoms with Gasteiger partial charge in [0.2, 0.25) is 0 Å². The normalized spacial score (nSPS) is 14.8. The molecule has 0 aromatic heterocycles. The molecule has 5 heteroatoms. The summed E-state index contributed by atoms with van der Waals surface area (Å²) in [6.07, 6.45) is 0. The number of nitrogens with zero attached hydrogens (tertiary/aromatic N) is 1. The van der Waals surface area contributed by atoms with Gasteiger partial charge in [0.15, 0.2) is 5.11 Å². The van der Waals surface area contributed by atoms with Crippen LogP contribution in [0.25, 0.3) is 0 Å². The summed E-state index contributed by atoms with van der Waals surface area (Å²) in [5, 5.41) is 3.93. The van der Waals surface area contributed by atoms with Gasteiger partial charge in [-0.05, 0) is 36.5 Å². The molecule has 4 rings (SSSR count). The van der Waals surface area contributed by atoms with E-state index in [0.29, 0.717) is 11.2 Å². The number of halogens is 1. The highest BCUT2D eigenvalue weighted by Crippen LogP contribution is 2.19. The standard InChI is InChI=1S/C24H24FN3S/c25-21-11-13-22(14-12-21)26-24(29)28-17-15-27(16-18-28)23(19-7-3-1-4-8-19)20-9-5-2-6-10-20/h1-14,23H,15-18H2,(H,26,29)/p+1.